The van der Waals surface area contributed by atoms with Crippen molar-refractivity contribution in [1.82, 2.24) is 24.6 Å². The van der Waals surface area contributed by atoms with Gasteiger partial charge < -0.3 is 24.4 Å². The third-order valence-electron chi connectivity index (χ3n) is 7.69. The maximum Gasteiger partial charge on any atom is 0.274 e. The Morgan fingerprint density at radius 1 is 1.23 bits per heavy atom. The second-order valence-electron chi connectivity index (χ2n) is 10.6. The third-order valence-corrected chi connectivity index (χ3v) is 8.64. The first kappa shape index (κ1) is 27.4. The van der Waals surface area contributed by atoms with Gasteiger partial charge in [-0.1, -0.05) is 23.5 Å². The standard InChI is InChI=1S/C27H32FN5O5S/c1-15(2)32-14-27(3,26(37)31-10-9-18(12-31)38-4)33-13-19(22(34)23(35)21(33)25(32)36)24-30-29-20(39-24)11-16-5-7-17(28)8-6-16/h5-8,13,15,18,26,35,37H,9-12,14H2,1-4H3/t18-,26?,27-/m1/s1. The van der Waals surface area contributed by atoms with Crippen molar-refractivity contribution >= 4 is 17.2 Å². The van der Waals surface area contributed by atoms with E-state index in [2.05, 4.69) is 10.2 Å². The van der Waals surface area contributed by atoms with Gasteiger partial charge in [0.1, 0.15) is 17.1 Å². The molecule has 3 aromatic rings. The number of aliphatic hydroxyl groups excluding tert-OH is 1. The molecule has 208 valence electrons. The van der Waals surface area contributed by atoms with Crippen molar-refractivity contribution in [3.05, 3.63) is 62.8 Å². The molecule has 0 radical (unpaired) electrons. The number of hydrogen-bond donors (Lipinski definition) is 2. The number of fused-ring (bicyclic) bond motifs is 1. The number of methoxy groups -OCH3 is 1. The van der Waals surface area contributed by atoms with E-state index in [1.165, 1.54) is 34.2 Å². The lowest BCUT2D eigenvalue weighted by molar-refractivity contribution is -0.0891. The zero-order chi connectivity index (χ0) is 28.1. The highest BCUT2D eigenvalue weighted by molar-refractivity contribution is 7.14. The highest BCUT2D eigenvalue weighted by Gasteiger charge is 2.49. The van der Waals surface area contributed by atoms with Gasteiger partial charge in [0.2, 0.25) is 5.43 Å². The lowest BCUT2D eigenvalue weighted by atomic mass is 9.91. The summed E-state index contributed by atoms with van der Waals surface area (Å²) in [5.41, 5.74) is -1.08. The average Bonchev–Trinajstić information content (AvgIpc) is 3.58. The van der Waals surface area contributed by atoms with Crippen molar-refractivity contribution in [3.63, 3.8) is 0 Å². The Bertz CT molecular complexity index is 1440. The molecule has 1 unspecified atom stereocenters. The molecular weight excluding hydrogens is 525 g/mol. The molecule has 5 rings (SSSR count). The summed E-state index contributed by atoms with van der Waals surface area (Å²) < 4.78 is 20.3. The van der Waals surface area contributed by atoms with Gasteiger partial charge in [0.25, 0.3) is 5.91 Å². The number of likely N-dealkylation sites (tertiary alicyclic amines) is 1. The number of rotatable bonds is 7. The fourth-order valence-electron chi connectivity index (χ4n) is 5.39. The molecule has 0 saturated carbocycles. The predicted molar refractivity (Wildman–Crippen MR) is 143 cm³/mol. The smallest absolute Gasteiger partial charge is 0.274 e. The summed E-state index contributed by atoms with van der Waals surface area (Å²) in [6.07, 6.45) is 1.59. The van der Waals surface area contributed by atoms with Gasteiger partial charge in [-0.2, -0.15) is 0 Å². The number of aliphatic hydroxyl groups is 1. The van der Waals surface area contributed by atoms with Crippen molar-refractivity contribution in [1.29, 1.82) is 0 Å². The van der Waals surface area contributed by atoms with Crippen LogP contribution in [0.2, 0.25) is 0 Å². The molecule has 0 aliphatic carbocycles. The first-order valence-corrected chi connectivity index (χ1v) is 13.7. The van der Waals surface area contributed by atoms with Gasteiger partial charge >= 0.3 is 0 Å². The normalized spacial score (nSPS) is 22.5. The van der Waals surface area contributed by atoms with Crippen LogP contribution in [-0.4, -0.2) is 85.8 Å². The van der Waals surface area contributed by atoms with Crippen molar-refractivity contribution in [2.24, 2.45) is 0 Å². The van der Waals surface area contributed by atoms with Crippen molar-refractivity contribution < 1.29 is 24.1 Å². The number of carbonyl (C=O) groups is 1. The van der Waals surface area contributed by atoms with Gasteiger partial charge in [0, 0.05) is 45.4 Å². The minimum absolute atomic E-state index is 0.0203. The molecule has 0 spiro atoms. The van der Waals surface area contributed by atoms with E-state index in [9.17, 15) is 24.2 Å². The highest BCUT2D eigenvalue weighted by Crippen LogP contribution is 2.38. The quantitative estimate of drug-likeness (QED) is 0.455. The van der Waals surface area contributed by atoms with Gasteiger partial charge in [-0.05, 0) is 44.9 Å². The molecule has 2 aliphatic heterocycles. The molecular formula is C27H32FN5O5S. The van der Waals surface area contributed by atoms with Crippen LogP contribution in [0.5, 0.6) is 5.75 Å². The SMILES string of the molecule is CO[C@@H]1CCN(C(O)[C@@]2(C)CN(C(C)C)C(=O)c3c(O)c(=O)c(-c4nnc(Cc5ccc(F)cc5)s4)cn32)C1. The zero-order valence-electron chi connectivity index (χ0n) is 22.3. The van der Waals surface area contributed by atoms with E-state index in [-0.39, 0.29) is 40.8 Å². The summed E-state index contributed by atoms with van der Waals surface area (Å²) in [4.78, 5) is 30.3. The number of benzene rings is 1. The fraction of sp³-hybridized carbons (Fsp3) is 0.481. The molecule has 1 amide bonds. The molecule has 10 nitrogen and oxygen atoms in total. The largest absolute Gasteiger partial charge is 0.503 e. The number of ether oxygens (including phenoxy) is 1. The van der Waals surface area contributed by atoms with E-state index in [0.29, 0.717) is 24.5 Å². The summed E-state index contributed by atoms with van der Waals surface area (Å²) in [6.45, 7) is 6.80. The molecule has 3 atom stereocenters. The van der Waals surface area contributed by atoms with Crippen molar-refractivity contribution in [3.8, 4) is 16.3 Å². The lowest BCUT2D eigenvalue weighted by Crippen LogP contribution is -2.63. The average molecular weight is 558 g/mol. The van der Waals surface area contributed by atoms with Crippen molar-refractivity contribution in [2.45, 2.75) is 57.5 Å². The van der Waals surface area contributed by atoms with E-state index in [1.54, 1.807) is 24.1 Å². The molecule has 1 aromatic carbocycles. The van der Waals surface area contributed by atoms with Crippen LogP contribution in [0.4, 0.5) is 4.39 Å². The number of hydrogen-bond acceptors (Lipinski definition) is 9. The minimum atomic E-state index is -1.10. The molecule has 39 heavy (non-hydrogen) atoms. The molecule has 1 saturated heterocycles. The van der Waals surface area contributed by atoms with Crippen molar-refractivity contribution in [2.75, 3.05) is 26.7 Å². The van der Waals surface area contributed by atoms with Gasteiger partial charge in [-0.3, -0.25) is 14.5 Å². The number of aromatic hydroxyl groups is 1. The van der Waals surface area contributed by atoms with E-state index in [0.717, 1.165) is 12.0 Å². The van der Waals surface area contributed by atoms with E-state index in [4.69, 9.17) is 4.74 Å². The maximum absolute atomic E-state index is 13.5. The number of amides is 1. The Hall–Kier alpha value is -3.19. The monoisotopic (exact) mass is 557 g/mol. The second kappa shape index (κ2) is 10.4. The Kier molecular flexibility index (Phi) is 7.31. The van der Waals surface area contributed by atoms with Gasteiger partial charge in [-0.15, -0.1) is 10.2 Å². The van der Waals surface area contributed by atoms with Crippen LogP contribution in [0, 0.1) is 5.82 Å². The van der Waals surface area contributed by atoms with E-state index >= 15 is 0 Å². The summed E-state index contributed by atoms with van der Waals surface area (Å²) in [7, 11) is 1.64. The Morgan fingerprint density at radius 2 is 1.95 bits per heavy atom. The molecule has 2 aliphatic rings. The number of nitrogens with zero attached hydrogens (tertiary/aromatic N) is 5. The fourth-order valence-corrected chi connectivity index (χ4v) is 6.27. The molecule has 2 aromatic heterocycles. The minimum Gasteiger partial charge on any atom is -0.503 e. The second-order valence-corrected chi connectivity index (χ2v) is 11.7. The number of aromatic nitrogens is 3. The first-order chi connectivity index (χ1) is 18.5. The highest BCUT2D eigenvalue weighted by atomic mass is 32.1. The van der Waals surface area contributed by atoms with Crippen LogP contribution in [0.15, 0.2) is 35.3 Å². The summed E-state index contributed by atoms with van der Waals surface area (Å²) in [6, 6.07) is 5.81. The molecule has 4 heterocycles. The Morgan fingerprint density at radius 3 is 2.59 bits per heavy atom. The number of carbonyl (C=O) groups excluding carboxylic acids is 1. The third kappa shape index (κ3) is 4.86. The number of halogens is 1. The molecule has 12 heteroatoms. The first-order valence-electron chi connectivity index (χ1n) is 12.9. The molecule has 0 bridgehead atoms. The molecule has 2 N–H and O–H groups in total. The Balaban J connectivity index is 1.58. The van der Waals surface area contributed by atoms with Gasteiger partial charge in [0.05, 0.1) is 17.2 Å². The van der Waals surface area contributed by atoms with Crippen LogP contribution in [-0.2, 0) is 16.7 Å². The van der Waals surface area contributed by atoms with Crippen LogP contribution >= 0.6 is 11.3 Å². The number of pyridine rings is 1. The van der Waals surface area contributed by atoms with Crippen LogP contribution < -0.4 is 5.43 Å². The lowest BCUT2D eigenvalue weighted by Gasteiger charge is -2.49. The van der Waals surface area contributed by atoms with Gasteiger partial charge in [0.15, 0.2) is 16.5 Å². The van der Waals surface area contributed by atoms with Crippen LogP contribution in [0.1, 0.15) is 48.3 Å². The van der Waals surface area contributed by atoms with Gasteiger partial charge in [-0.25, -0.2) is 4.39 Å². The summed E-state index contributed by atoms with van der Waals surface area (Å²) in [5, 5.41) is 32.1. The van der Waals surface area contributed by atoms with E-state index < -0.39 is 28.9 Å². The van der Waals surface area contributed by atoms with Crippen LogP contribution in [0.25, 0.3) is 10.6 Å². The maximum atomic E-state index is 13.5. The predicted octanol–water partition coefficient (Wildman–Crippen LogP) is 2.42. The van der Waals surface area contributed by atoms with Crippen LogP contribution in [0.3, 0.4) is 0 Å². The summed E-state index contributed by atoms with van der Waals surface area (Å²) >= 11 is 1.18. The zero-order valence-corrected chi connectivity index (χ0v) is 23.1. The molecule has 1 fully saturated rings. The topological polar surface area (TPSA) is 121 Å². The summed E-state index contributed by atoms with van der Waals surface area (Å²) in [5.74, 6) is -1.51. The van der Waals surface area contributed by atoms with E-state index in [1.807, 2.05) is 25.7 Å². The Labute approximate surface area is 229 Å².